The molecule has 0 aromatic carbocycles. The standard InChI is InChI=1S/C10H15N3O2/c1-10(3-4-13(2)6-10)8-5-7(9(14)15)11-12-8/h5H,3-4,6H2,1-2H3,(H,11,12)(H,14,15). The van der Waals surface area contributed by atoms with Crippen molar-refractivity contribution in [3.05, 3.63) is 17.5 Å². The van der Waals surface area contributed by atoms with Crippen LogP contribution in [0.15, 0.2) is 6.07 Å². The minimum atomic E-state index is -0.979. The molecule has 1 aromatic heterocycles. The first-order valence-electron chi connectivity index (χ1n) is 4.99. The fourth-order valence-corrected chi connectivity index (χ4v) is 2.15. The molecule has 5 nitrogen and oxygen atoms in total. The minimum absolute atomic E-state index is 0.00937. The van der Waals surface area contributed by atoms with E-state index in [1.807, 2.05) is 0 Å². The first-order chi connectivity index (χ1) is 7.01. The number of aromatic carboxylic acids is 1. The maximum absolute atomic E-state index is 10.7. The number of nitrogens with one attached hydrogen (secondary N) is 1. The van der Waals surface area contributed by atoms with Crippen LogP contribution in [0.2, 0.25) is 0 Å². The molecule has 1 saturated heterocycles. The van der Waals surface area contributed by atoms with Gasteiger partial charge in [0, 0.05) is 17.7 Å². The van der Waals surface area contributed by atoms with Crippen LogP contribution in [0.5, 0.6) is 0 Å². The third-order valence-corrected chi connectivity index (χ3v) is 3.11. The molecule has 82 valence electrons. The summed E-state index contributed by atoms with van der Waals surface area (Å²) in [5, 5.41) is 15.4. The van der Waals surface area contributed by atoms with E-state index in [0.29, 0.717) is 0 Å². The smallest absolute Gasteiger partial charge is 0.356 e. The summed E-state index contributed by atoms with van der Waals surface area (Å²) >= 11 is 0. The van der Waals surface area contributed by atoms with Crippen molar-refractivity contribution in [2.75, 3.05) is 20.1 Å². The fraction of sp³-hybridized carbons (Fsp3) is 0.600. The Hall–Kier alpha value is -1.36. The number of carbonyl (C=O) groups is 1. The number of carboxylic acids is 1. The lowest BCUT2D eigenvalue weighted by Gasteiger charge is -2.21. The number of hydrogen-bond acceptors (Lipinski definition) is 3. The second-order valence-corrected chi connectivity index (χ2v) is 4.52. The molecule has 0 aliphatic carbocycles. The van der Waals surface area contributed by atoms with Crippen LogP contribution in [-0.2, 0) is 5.41 Å². The predicted molar refractivity (Wildman–Crippen MR) is 55.0 cm³/mol. The molecule has 1 unspecified atom stereocenters. The van der Waals surface area contributed by atoms with Crippen LogP contribution in [0.4, 0.5) is 0 Å². The number of likely N-dealkylation sites (tertiary alicyclic amines) is 1. The van der Waals surface area contributed by atoms with Crippen molar-refractivity contribution in [3.63, 3.8) is 0 Å². The normalized spacial score (nSPS) is 27.1. The Labute approximate surface area is 88.1 Å². The zero-order valence-corrected chi connectivity index (χ0v) is 8.95. The Balaban J connectivity index is 2.25. The summed E-state index contributed by atoms with van der Waals surface area (Å²) in [6, 6.07) is 1.64. The highest BCUT2D eigenvalue weighted by atomic mass is 16.4. The minimum Gasteiger partial charge on any atom is -0.476 e. The summed E-state index contributed by atoms with van der Waals surface area (Å²) in [6.07, 6.45) is 1.03. The van der Waals surface area contributed by atoms with Gasteiger partial charge in [0.05, 0.1) is 0 Å². The summed E-state index contributed by atoms with van der Waals surface area (Å²) in [4.78, 5) is 12.9. The molecule has 15 heavy (non-hydrogen) atoms. The fourth-order valence-electron chi connectivity index (χ4n) is 2.15. The number of carboxylic acid groups (broad SMARTS) is 1. The van der Waals surface area contributed by atoms with Crippen LogP contribution in [0.1, 0.15) is 29.5 Å². The number of nitrogens with zero attached hydrogens (tertiary/aromatic N) is 2. The Morgan fingerprint density at radius 2 is 2.47 bits per heavy atom. The molecule has 1 atom stereocenters. The van der Waals surface area contributed by atoms with E-state index in [0.717, 1.165) is 25.2 Å². The number of aromatic nitrogens is 2. The molecule has 2 rings (SSSR count). The van der Waals surface area contributed by atoms with Gasteiger partial charge in [0.2, 0.25) is 0 Å². The Kier molecular flexibility index (Phi) is 2.26. The van der Waals surface area contributed by atoms with E-state index in [9.17, 15) is 4.79 Å². The first-order valence-corrected chi connectivity index (χ1v) is 4.99. The van der Waals surface area contributed by atoms with Gasteiger partial charge in [-0.25, -0.2) is 4.79 Å². The topological polar surface area (TPSA) is 69.2 Å². The first kappa shape index (κ1) is 10.2. The molecule has 2 heterocycles. The molecule has 0 spiro atoms. The van der Waals surface area contributed by atoms with Crippen LogP contribution in [0.3, 0.4) is 0 Å². The molecule has 0 bridgehead atoms. The molecular formula is C10H15N3O2. The molecule has 1 fully saturated rings. The highest BCUT2D eigenvalue weighted by molar-refractivity contribution is 5.85. The highest BCUT2D eigenvalue weighted by Gasteiger charge is 2.35. The van der Waals surface area contributed by atoms with Crippen LogP contribution in [0, 0.1) is 0 Å². The Morgan fingerprint density at radius 3 is 2.93 bits per heavy atom. The van der Waals surface area contributed by atoms with Crippen molar-refractivity contribution in [1.82, 2.24) is 15.1 Å². The number of hydrogen-bond donors (Lipinski definition) is 2. The zero-order valence-electron chi connectivity index (χ0n) is 8.95. The van der Waals surface area contributed by atoms with Crippen molar-refractivity contribution in [3.8, 4) is 0 Å². The summed E-state index contributed by atoms with van der Waals surface area (Å²) < 4.78 is 0. The van der Waals surface area contributed by atoms with Gasteiger partial charge in [-0.1, -0.05) is 6.92 Å². The average molecular weight is 209 g/mol. The van der Waals surface area contributed by atoms with Gasteiger partial charge in [-0.15, -0.1) is 0 Å². The lowest BCUT2D eigenvalue weighted by molar-refractivity contribution is 0.0690. The molecule has 5 heteroatoms. The molecule has 2 N–H and O–H groups in total. The summed E-state index contributed by atoms with van der Waals surface area (Å²) in [5.41, 5.74) is 1.03. The maximum Gasteiger partial charge on any atom is 0.356 e. The summed E-state index contributed by atoms with van der Waals surface area (Å²) in [7, 11) is 2.07. The van der Waals surface area contributed by atoms with Gasteiger partial charge in [-0.2, -0.15) is 5.10 Å². The van der Waals surface area contributed by atoms with E-state index in [4.69, 9.17) is 5.11 Å². The quantitative estimate of drug-likeness (QED) is 0.752. The maximum atomic E-state index is 10.7. The molecule has 1 aliphatic rings. The lowest BCUT2D eigenvalue weighted by atomic mass is 9.86. The van der Waals surface area contributed by atoms with E-state index >= 15 is 0 Å². The summed E-state index contributed by atoms with van der Waals surface area (Å²) in [5.74, 6) is -0.979. The van der Waals surface area contributed by atoms with E-state index < -0.39 is 5.97 Å². The number of rotatable bonds is 2. The predicted octanol–water partition coefficient (Wildman–Crippen LogP) is 0.701. The van der Waals surface area contributed by atoms with Gasteiger partial charge in [-0.05, 0) is 26.1 Å². The Bertz CT molecular complexity index is 388. The van der Waals surface area contributed by atoms with Crippen molar-refractivity contribution < 1.29 is 9.90 Å². The second kappa shape index (κ2) is 3.34. The van der Waals surface area contributed by atoms with Crippen LogP contribution in [-0.4, -0.2) is 46.3 Å². The summed E-state index contributed by atoms with van der Waals surface area (Å²) in [6.45, 7) is 4.11. The largest absolute Gasteiger partial charge is 0.476 e. The second-order valence-electron chi connectivity index (χ2n) is 4.52. The SMILES string of the molecule is CN1CCC(C)(c2cc(C(=O)O)n[nH]2)C1. The van der Waals surface area contributed by atoms with E-state index in [-0.39, 0.29) is 11.1 Å². The van der Waals surface area contributed by atoms with Gasteiger partial charge in [-0.3, -0.25) is 5.10 Å². The molecule has 1 aliphatic heterocycles. The molecule has 0 amide bonds. The van der Waals surface area contributed by atoms with Crippen molar-refractivity contribution in [2.45, 2.75) is 18.8 Å². The van der Waals surface area contributed by atoms with Crippen LogP contribution < -0.4 is 0 Å². The number of H-pyrrole nitrogens is 1. The van der Waals surface area contributed by atoms with Gasteiger partial charge in [0.15, 0.2) is 5.69 Å². The van der Waals surface area contributed by atoms with E-state index in [1.165, 1.54) is 0 Å². The Morgan fingerprint density at radius 1 is 1.73 bits per heavy atom. The van der Waals surface area contributed by atoms with Gasteiger partial charge >= 0.3 is 5.97 Å². The molecular weight excluding hydrogens is 194 g/mol. The third-order valence-electron chi connectivity index (χ3n) is 3.11. The lowest BCUT2D eigenvalue weighted by Crippen LogP contribution is -2.26. The van der Waals surface area contributed by atoms with Crippen LogP contribution in [0.25, 0.3) is 0 Å². The van der Waals surface area contributed by atoms with E-state index in [1.54, 1.807) is 6.07 Å². The molecule has 1 aromatic rings. The molecule has 0 radical (unpaired) electrons. The number of aromatic amines is 1. The van der Waals surface area contributed by atoms with Crippen molar-refractivity contribution in [1.29, 1.82) is 0 Å². The van der Waals surface area contributed by atoms with Gasteiger partial charge in [0.1, 0.15) is 0 Å². The van der Waals surface area contributed by atoms with Gasteiger partial charge < -0.3 is 10.0 Å². The monoisotopic (exact) mass is 209 g/mol. The molecule has 0 saturated carbocycles. The van der Waals surface area contributed by atoms with Crippen LogP contribution >= 0.6 is 0 Å². The average Bonchev–Trinajstić information content (AvgIpc) is 2.73. The number of likely N-dealkylation sites (N-methyl/N-ethyl adjacent to an activating group) is 1. The van der Waals surface area contributed by atoms with Gasteiger partial charge in [0.25, 0.3) is 0 Å². The van der Waals surface area contributed by atoms with Crippen molar-refractivity contribution in [2.24, 2.45) is 0 Å². The zero-order chi connectivity index (χ0) is 11.1. The highest BCUT2D eigenvalue weighted by Crippen LogP contribution is 2.32. The van der Waals surface area contributed by atoms with E-state index in [2.05, 4.69) is 29.1 Å². The van der Waals surface area contributed by atoms with Crippen molar-refractivity contribution >= 4 is 5.97 Å². The third kappa shape index (κ3) is 1.74.